The van der Waals surface area contributed by atoms with Crippen LogP contribution in [0.15, 0.2) is 64.5 Å². The van der Waals surface area contributed by atoms with Crippen LogP contribution >= 0.6 is 34.7 Å². The van der Waals surface area contributed by atoms with E-state index in [1.807, 2.05) is 24.3 Å². The van der Waals surface area contributed by atoms with Gasteiger partial charge in [0.2, 0.25) is 10.9 Å². The highest BCUT2D eigenvalue weighted by Gasteiger charge is 2.49. The molecule has 1 saturated heterocycles. The summed E-state index contributed by atoms with van der Waals surface area (Å²) in [5, 5.41) is 21.0. The molecule has 4 aromatic rings. The third-order valence-electron chi connectivity index (χ3n) is 7.14. The number of carbonyl (C=O) groups is 2. The Labute approximate surface area is 271 Å². The second kappa shape index (κ2) is 12.9. The van der Waals surface area contributed by atoms with E-state index in [-0.39, 0.29) is 16.3 Å². The van der Waals surface area contributed by atoms with Gasteiger partial charge in [0.1, 0.15) is 19.0 Å². The van der Waals surface area contributed by atoms with Crippen LogP contribution in [-0.4, -0.2) is 61.5 Å². The number of aliphatic hydroxyl groups is 1. The molecule has 0 bridgehead atoms. The quantitative estimate of drug-likeness (QED) is 0.0752. The maximum atomic E-state index is 13.7. The number of Topliss-reactive ketones (excluding diaryl/α,β-unsaturated/α-hetero) is 1. The van der Waals surface area contributed by atoms with Crippen molar-refractivity contribution in [2.75, 3.05) is 39.4 Å². The molecular weight excluding hydrogens is 642 g/mol. The van der Waals surface area contributed by atoms with Gasteiger partial charge in [-0.05, 0) is 53.6 Å². The number of aromatic nitrogens is 2. The van der Waals surface area contributed by atoms with Crippen molar-refractivity contribution in [1.82, 2.24) is 10.2 Å². The Hall–Kier alpha value is -4.46. The first kappa shape index (κ1) is 30.6. The van der Waals surface area contributed by atoms with E-state index >= 15 is 0 Å². The first-order valence-electron chi connectivity index (χ1n) is 13.5. The Morgan fingerprint density at radius 3 is 2.33 bits per heavy atom. The number of halogens is 1. The number of hydrogen-bond donors (Lipinski definition) is 1. The van der Waals surface area contributed by atoms with Gasteiger partial charge in [-0.1, -0.05) is 46.8 Å². The fraction of sp³-hybridized carbons (Fsp3) is 0.226. The summed E-state index contributed by atoms with van der Waals surface area (Å²) in [7, 11) is 4.39. The molecule has 14 heteroatoms. The number of aliphatic hydroxyl groups excluding tert-OH is 1. The van der Waals surface area contributed by atoms with Crippen LogP contribution in [0.25, 0.3) is 5.76 Å². The van der Waals surface area contributed by atoms with Crippen LogP contribution in [0.5, 0.6) is 28.7 Å². The molecule has 0 spiro atoms. The van der Waals surface area contributed by atoms with Crippen molar-refractivity contribution < 1.29 is 38.4 Å². The number of methoxy groups -OCH3 is 3. The third-order valence-corrected chi connectivity index (χ3v) is 9.52. The van der Waals surface area contributed by atoms with E-state index in [1.54, 1.807) is 30.3 Å². The van der Waals surface area contributed by atoms with Gasteiger partial charge in [0.25, 0.3) is 5.78 Å². The van der Waals surface area contributed by atoms with E-state index in [9.17, 15) is 14.7 Å². The predicted molar refractivity (Wildman–Crippen MR) is 169 cm³/mol. The van der Waals surface area contributed by atoms with E-state index in [1.165, 1.54) is 38.0 Å². The number of carbonyl (C=O) groups excluding carboxylic acids is 2. The van der Waals surface area contributed by atoms with Gasteiger partial charge in [0, 0.05) is 16.3 Å². The van der Waals surface area contributed by atoms with E-state index in [0.717, 1.165) is 16.9 Å². The number of nitrogens with zero attached hydrogens (tertiary/aromatic N) is 3. The van der Waals surface area contributed by atoms with Crippen molar-refractivity contribution in [3.63, 3.8) is 0 Å². The Morgan fingerprint density at radius 1 is 0.978 bits per heavy atom. The van der Waals surface area contributed by atoms with E-state index in [4.69, 9.17) is 35.3 Å². The van der Waals surface area contributed by atoms with Crippen molar-refractivity contribution in [3.8, 4) is 28.7 Å². The van der Waals surface area contributed by atoms with Gasteiger partial charge < -0.3 is 28.8 Å². The molecule has 3 aromatic carbocycles. The van der Waals surface area contributed by atoms with Crippen LogP contribution in [-0.2, 0) is 15.3 Å². The zero-order chi connectivity index (χ0) is 31.7. The number of ether oxygens (including phenoxy) is 5. The molecule has 1 unspecified atom stereocenters. The fourth-order valence-electron chi connectivity index (χ4n) is 5.03. The molecule has 1 atom stereocenters. The second-order valence-corrected chi connectivity index (χ2v) is 12.4. The maximum absolute atomic E-state index is 13.7. The highest BCUT2D eigenvalue weighted by atomic mass is 35.5. The summed E-state index contributed by atoms with van der Waals surface area (Å²) < 4.78 is 28.5. The van der Waals surface area contributed by atoms with Gasteiger partial charge in [0.15, 0.2) is 27.3 Å². The van der Waals surface area contributed by atoms with Gasteiger partial charge in [-0.2, -0.15) is 0 Å². The molecule has 0 aliphatic carbocycles. The summed E-state index contributed by atoms with van der Waals surface area (Å²) in [4.78, 5) is 28.7. The molecule has 0 radical (unpaired) electrons. The van der Waals surface area contributed by atoms with E-state index < -0.39 is 23.5 Å². The van der Waals surface area contributed by atoms with Crippen molar-refractivity contribution in [2.45, 2.75) is 16.1 Å². The fourth-order valence-corrected chi connectivity index (χ4v) is 6.98. The lowest BCUT2D eigenvalue weighted by Crippen LogP contribution is -2.29. The van der Waals surface area contributed by atoms with Gasteiger partial charge in [-0.25, -0.2) is 0 Å². The van der Waals surface area contributed by atoms with Crippen molar-refractivity contribution >= 4 is 57.3 Å². The smallest absolute Gasteiger partial charge is 0.301 e. The average Bonchev–Trinajstić information content (AvgIpc) is 3.64. The molecule has 45 heavy (non-hydrogen) atoms. The van der Waals surface area contributed by atoms with Crippen molar-refractivity contribution in [1.29, 1.82) is 0 Å². The number of rotatable bonds is 9. The molecule has 2 aliphatic rings. The number of thioether (sulfide) groups is 1. The molecule has 1 N–H and O–H groups in total. The standard InChI is InChI=1S/C31H26ClN3O8S2/c1-39-22-13-18(14-23(40-2)28(22)41-3)25-24(26(36)17-6-9-20-21(12-17)43-11-10-42-20)27(37)29(38)35(25)30-33-34-31(45-30)44-15-16-4-7-19(32)8-5-16/h4-9,12-14,25,36H,10-11,15H2,1-3H3/b26-24+. The Bertz CT molecular complexity index is 1790. The SMILES string of the molecule is COc1cc(C2/C(=C(\O)c3ccc4c(c3)OCCO4)C(=O)C(=O)N2c2nnc(SCc3ccc(Cl)cc3)s2)cc(OC)c1OC. The van der Waals surface area contributed by atoms with Gasteiger partial charge in [-0.15, -0.1) is 10.2 Å². The number of ketones is 1. The molecule has 1 fully saturated rings. The van der Waals surface area contributed by atoms with Crippen LogP contribution in [0.3, 0.4) is 0 Å². The van der Waals surface area contributed by atoms with Crippen LogP contribution < -0.4 is 28.6 Å². The molecular formula is C31H26ClN3O8S2. The number of fused-ring (bicyclic) bond motifs is 1. The molecule has 1 amide bonds. The summed E-state index contributed by atoms with van der Waals surface area (Å²) in [6.07, 6.45) is 0. The minimum Gasteiger partial charge on any atom is -0.507 e. The molecule has 3 heterocycles. The van der Waals surface area contributed by atoms with E-state index in [0.29, 0.717) is 62.6 Å². The van der Waals surface area contributed by atoms with Crippen LogP contribution in [0.4, 0.5) is 5.13 Å². The summed E-state index contributed by atoms with van der Waals surface area (Å²) >= 11 is 8.59. The summed E-state index contributed by atoms with van der Waals surface area (Å²) in [6.45, 7) is 0.731. The Balaban J connectivity index is 1.45. The highest BCUT2D eigenvalue weighted by molar-refractivity contribution is 8.00. The number of hydrogen-bond acceptors (Lipinski definition) is 12. The third kappa shape index (κ3) is 5.86. The predicted octanol–water partition coefficient (Wildman–Crippen LogP) is 5.91. The lowest BCUT2D eigenvalue weighted by molar-refractivity contribution is -0.132. The first-order chi connectivity index (χ1) is 21.8. The largest absolute Gasteiger partial charge is 0.507 e. The normalized spacial score (nSPS) is 17.0. The van der Waals surface area contributed by atoms with Crippen molar-refractivity contribution in [3.05, 3.63) is 81.9 Å². The van der Waals surface area contributed by atoms with E-state index in [2.05, 4.69) is 10.2 Å². The Kier molecular flexibility index (Phi) is 8.74. The van der Waals surface area contributed by atoms with Gasteiger partial charge in [0.05, 0.1) is 32.9 Å². The van der Waals surface area contributed by atoms with Gasteiger partial charge >= 0.3 is 5.91 Å². The second-order valence-electron chi connectivity index (χ2n) is 9.75. The molecule has 232 valence electrons. The van der Waals surface area contributed by atoms with Crippen LogP contribution in [0.1, 0.15) is 22.7 Å². The minimum absolute atomic E-state index is 0.156. The monoisotopic (exact) mass is 667 g/mol. The topological polar surface area (TPSA) is 130 Å². The van der Waals surface area contributed by atoms with Gasteiger partial charge in [-0.3, -0.25) is 14.5 Å². The molecule has 2 aliphatic heterocycles. The van der Waals surface area contributed by atoms with Crippen LogP contribution in [0, 0.1) is 0 Å². The first-order valence-corrected chi connectivity index (χ1v) is 15.7. The zero-order valence-electron chi connectivity index (χ0n) is 24.2. The maximum Gasteiger partial charge on any atom is 0.301 e. The lowest BCUT2D eigenvalue weighted by atomic mass is 9.94. The molecule has 6 rings (SSSR count). The number of anilines is 1. The summed E-state index contributed by atoms with van der Waals surface area (Å²) in [5.41, 5.74) is 1.55. The summed E-state index contributed by atoms with van der Waals surface area (Å²) in [5.74, 6) is 0.266. The minimum atomic E-state index is -1.12. The zero-order valence-corrected chi connectivity index (χ0v) is 26.6. The molecule has 11 nitrogen and oxygen atoms in total. The highest BCUT2D eigenvalue weighted by Crippen LogP contribution is 2.48. The molecule has 0 saturated carbocycles. The molecule has 1 aromatic heterocycles. The number of benzene rings is 3. The van der Waals surface area contributed by atoms with Crippen molar-refractivity contribution in [2.24, 2.45) is 0 Å². The lowest BCUT2D eigenvalue weighted by Gasteiger charge is -2.24. The summed E-state index contributed by atoms with van der Waals surface area (Å²) in [6, 6.07) is 14.4. The number of amides is 1. The van der Waals surface area contributed by atoms with Crippen LogP contribution in [0.2, 0.25) is 5.02 Å². The average molecular weight is 668 g/mol. The Morgan fingerprint density at radius 2 is 1.67 bits per heavy atom.